The molecule has 0 aliphatic carbocycles. The third kappa shape index (κ3) is 3.61. The maximum atomic E-state index is 12.3. The Bertz CT molecular complexity index is 537. The number of hydrogen-bond donors (Lipinski definition) is 2. The summed E-state index contributed by atoms with van der Waals surface area (Å²) in [4.78, 5) is 14.7. The minimum atomic E-state index is 0.114. The summed E-state index contributed by atoms with van der Waals surface area (Å²) in [6.45, 7) is 5.89. The van der Waals surface area contributed by atoms with Gasteiger partial charge in [0.2, 0.25) is 5.91 Å². The molecule has 2 N–H and O–H groups in total. The highest BCUT2D eigenvalue weighted by Crippen LogP contribution is 2.30. The SMILES string of the molecule is COc1ccccc1N1CCC(NC(=O)C(C)C2CNC2)CC1. The lowest BCUT2D eigenvalue weighted by Crippen LogP contribution is -2.52. The van der Waals surface area contributed by atoms with Gasteiger partial charge in [-0.2, -0.15) is 0 Å². The van der Waals surface area contributed by atoms with Crippen molar-refractivity contribution in [1.82, 2.24) is 10.6 Å². The van der Waals surface area contributed by atoms with Gasteiger partial charge in [0.05, 0.1) is 12.8 Å². The largest absolute Gasteiger partial charge is 0.495 e. The van der Waals surface area contributed by atoms with Crippen LogP contribution in [0.25, 0.3) is 0 Å². The Morgan fingerprint density at radius 3 is 2.61 bits per heavy atom. The Labute approximate surface area is 138 Å². The lowest BCUT2D eigenvalue weighted by atomic mass is 9.88. The van der Waals surface area contributed by atoms with E-state index >= 15 is 0 Å². The second kappa shape index (κ2) is 7.21. The number of nitrogens with one attached hydrogen (secondary N) is 2. The van der Waals surface area contributed by atoms with E-state index in [1.165, 1.54) is 0 Å². The molecule has 2 saturated heterocycles. The molecule has 1 aromatic carbocycles. The van der Waals surface area contributed by atoms with E-state index in [2.05, 4.69) is 21.6 Å². The first-order valence-electron chi connectivity index (χ1n) is 8.58. The van der Waals surface area contributed by atoms with Crippen molar-refractivity contribution in [3.05, 3.63) is 24.3 Å². The second-order valence-electron chi connectivity index (χ2n) is 6.65. The number of nitrogens with zero attached hydrogens (tertiary/aromatic N) is 1. The second-order valence-corrected chi connectivity index (χ2v) is 6.65. The molecule has 2 aliphatic rings. The van der Waals surface area contributed by atoms with E-state index in [1.54, 1.807) is 7.11 Å². The van der Waals surface area contributed by atoms with E-state index in [4.69, 9.17) is 4.74 Å². The van der Waals surface area contributed by atoms with Crippen LogP contribution in [0.1, 0.15) is 19.8 Å². The van der Waals surface area contributed by atoms with E-state index in [0.29, 0.717) is 12.0 Å². The highest BCUT2D eigenvalue weighted by atomic mass is 16.5. The van der Waals surface area contributed by atoms with Gasteiger partial charge in [0.1, 0.15) is 5.75 Å². The molecule has 5 nitrogen and oxygen atoms in total. The average molecular weight is 317 g/mol. The molecule has 126 valence electrons. The molecule has 3 rings (SSSR count). The average Bonchev–Trinajstić information content (AvgIpc) is 2.54. The lowest BCUT2D eigenvalue weighted by Gasteiger charge is -2.36. The molecule has 2 aliphatic heterocycles. The fraction of sp³-hybridized carbons (Fsp3) is 0.611. The molecule has 0 saturated carbocycles. The normalized spacial score (nSPS) is 20.7. The van der Waals surface area contributed by atoms with Crippen LogP contribution in [-0.2, 0) is 4.79 Å². The quantitative estimate of drug-likeness (QED) is 0.867. The van der Waals surface area contributed by atoms with Gasteiger partial charge in [0, 0.05) is 25.0 Å². The van der Waals surface area contributed by atoms with Crippen molar-refractivity contribution in [2.45, 2.75) is 25.8 Å². The molecule has 1 unspecified atom stereocenters. The molecule has 5 heteroatoms. The number of ether oxygens (including phenoxy) is 1. The van der Waals surface area contributed by atoms with Gasteiger partial charge in [0.25, 0.3) is 0 Å². The zero-order valence-electron chi connectivity index (χ0n) is 14.0. The van der Waals surface area contributed by atoms with Crippen molar-refractivity contribution in [3.8, 4) is 5.75 Å². The van der Waals surface area contributed by atoms with Gasteiger partial charge in [-0.3, -0.25) is 4.79 Å². The number of hydrogen-bond acceptors (Lipinski definition) is 4. The molecule has 23 heavy (non-hydrogen) atoms. The van der Waals surface area contributed by atoms with Crippen LogP contribution in [0.2, 0.25) is 0 Å². The van der Waals surface area contributed by atoms with E-state index in [-0.39, 0.29) is 11.8 Å². The smallest absolute Gasteiger partial charge is 0.223 e. The number of amides is 1. The van der Waals surface area contributed by atoms with Crippen molar-refractivity contribution >= 4 is 11.6 Å². The number of rotatable bonds is 5. The number of carbonyl (C=O) groups is 1. The maximum Gasteiger partial charge on any atom is 0.223 e. The summed E-state index contributed by atoms with van der Waals surface area (Å²) < 4.78 is 5.45. The monoisotopic (exact) mass is 317 g/mol. The fourth-order valence-electron chi connectivity index (χ4n) is 3.37. The summed E-state index contributed by atoms with van der Waals surface area (Å²) >= 11 is 0. The zero-order chi connectivity index (χ0) is 16.2. The summed E-state index contributed by atoms with van der Waals surface area (Å²) in [5.41, 5.74) is 1.15. The Kier molecular flexibility index (Phi) is 5.06. The topological polar surface area (TPSA) is 53.6 Å². The molecule has 0 spiro atoms. The van der Waals surface area contributed by atoms with Crippen molar-refractivity contribution in [3.63, 3.8) is 0 Å². The predicted octanol–water partition coefficient (Wildman–Crippen LogP) is 1.64. The van der Waals surface area contributed by atoms with Crippen molar-refractivity contribution in [1.29, 1.82) is 0 Å². The summed E-state index contributed by atoms with van der Waals surface area (Å²) in [5, 5.41) is 6.48. The molecule has 1 atom stereocenters. The maximum absolute atomic E-state index is 12.3. The van der Waals surface area contributed by atoms with Crippen LogP contribution in [0.4, 0.5) is 5.69 Å². The number of piperidine rings is 1. The van der Waals surface area contributed by atoms with Crippen LogP contribution in [-0.4, -0.2) is 45.2 Å². The van der Waals surface area contributed by atoms with Gasteiger partial charge < -0.3 is 20.3 Å². The summed E-state index contributed by atoms with van der Waals surface area (Å²) in [5.74, 6) is 1.75. The minimum Gasteiger partial charge on any atom is -0.495 e. The molecule has 0 bridgehead atoms. The van der Waals surface area contributed by atoms with Crippen molar-refractivity contribution < 1.29 is 9.53 Å². The molecular formula is C18H27N3O2. The van der Waals surface area contributed by atoms with Gasteiger partial charge in [-0.05, 0) is 44.0 Å². The van der Waals surface area contributed by atoms with E-state index in [9.17, 15) is 4.79 Å². The van der Waals surface area contributed by atoms with Gasteiger partial charge in [0.15, 0.2) is 0 Å². The van der Waals surface area contributed by atoms with Crippen LogP contribution >= 0.6 is 0 Å². The Hall–Kier alpha value is -1.75. The summed E-state index contributed by atoms with van der Waals surface area (Å²) in [7, 11) is 1.71. The lowest BCUT2D eigenvalue weighted by molar-refractivity contribution is -0.127. The van der Waals surface area contributed by atoms with Gasteiger partial charge in [-0.1, -0.05) is 19.1 Å². The van der Waals surface area contributed by atoms with Gasteiger partial charge in [-0.25, -0.2) is 0 Å². The van der Waals surface area contributed by atoms with E-state index < -0.39 is 0 Å². The van der Waals surface area contributed by atoms with E-state index in [0.717, 1.165) is 50.5 Å². The molecule has 1 aromatic rings. The van der Waals surface area contributed by atoms with Crippen LogP contribution in [0, 0.1) is 11.8 Å². The van der Waals surface area contributed by atoms with E-state index in [1.807, 2.05) is 25.1 Å². The number of methoxy groups -OCH3 is 1. The highest BCUT2D eigenvalue weighted by molar-refractivity contribution is 5.79. The highest BCUT2D eigenvalue weighted by Gasteiger charge is 2.30. The number of para-hydroxylation sites is 2. The van der Waals surface area contributed by atoms with Crippen LogP contribution in [0.15, 0.2) is 24.3 Å². The fourth-order valence-corrected chi connectivity index (χ4v) is 3.37. The minimum absolute atomic E-state index is 0.114. The summed E-state index contributed by atoms with van der Waals surface area (Å²) in [6.07, 6.45) is 1.97. The molecule has 2 heterocycles. The number of benzene rings is 1. The number of carbonyl (C=O) groups excluding carboxylic acids is 1. The number of anilines is 1. The first kappa shape index (κ1) is 16.1. The third-order valence-electron chi connectivity index (χ3n) is 5.20. The van der Waals surface area contributed by atoms with Crippen molar-refractivity contribution in [2.75, 3.05) is 38.2 Å². The first-order chi connectivity index (χ1) is 11.2. The standard InChI is InChI=1S/C18H27N3O2/c1-13(14-11-19-12-14)18(22)20-15-7-9-21(10-8-15)16-5-3-4-6-17(16)23-2/h3-6,13-15,19H,7-12H2,1-2H3,(H,20,22). The van der Waals surface area contributed by atoms with Crippen LogP contribution in [0.5, 0.6) is 5.75 Å². The molecule has 0 radical (unpaired) electrons. The summed E-state index contributed by atoms with van der Waals surface area (Å²) in [6, 6.07) is 8.43. The Balaban J connectivity index is 1.51. The molecule has 2 fully saturated rings. The Morgan fingerprint density at radius 1 is 1.30 bits per heavy atom. The molecular weight excluding hydrogens is 290 g/mol. The predicted molar refractivity (Wildman–Crippen MR) is 91.9 cm³/mol. The zero-order valence-corrected chi connectivity index (χ0v) is 14.0. The third-order valence-corrected chi connectivity index (χ3v) is 5.20. The molecule has 1 amide bonds. The van der Waals surface area contributed by atoms with Crippen LogP contribution in [0.3, 0.4) is 0 Å². The molecule has 0 aromatic heterocycles. The van der Waals surface area contributed by atoms with Gasteiger partial charge in [-0.15, -0.1) is 0 Å². The Morgan fingerprint density at radius 2 is 2.00 bits per heavy atom. The first-order valence-corrected chi connectivity index (χ1v) is 8.58. The van der Waals surface area contributed by atoms with Crippen LogP contribution < -0.4 is 20.3 Å². The van der Waals surface area contributed by atoms with Crippen molar-refractivity contribution in [2.24, 2.45) is 11.8 Å². The van der Waals surface area contributed by atoms with Gasteiger partial charge >= 0.3 is 0 Å².